The van der Waals surface area contributed by atoms with Gasteiger partial charge in [-0.05, 0) is 51.3 Å². The zero-order valence-electron chi connectivity index (χ0n) is 20.8. The van der Waals surface area contributed by atoms with Crippen LogP contribution in [0.4, 0.5) is 10.5 Å². The Kier molecular flexibility index (Phi) is 10.5. The topological polar surface area (TPSA) is 87.7 Å². The highest BCUT2D eigenvalue weighted by atomic mass is 35.5. The van der Waals surface area contributed by atoms with Crippen LogP contribution in [0.5, 0.6) is 0 Å². The third kappa shape index (κ3) is 8.18. The Hall–Kier alpha value is -2.71. The summed E-state index contributed by atoms with van der Waals surface area (Å²) in [4.78, 5) is 41.2. The minimum absolute atomic E-state index is 0.0328. The van der Waals surface area contributed by atoms with Crippen LogP contribution in [-0.4, -0.2) is 46.7 Å². The Morgan fingerprint density at radius 3 is 2.29 bits per heavy atom. The van der Waals surface area contributed by atoms with Crippen molar-refractivity contribution in [3.8, 4) is 0 Å². The van der Waals surface area contributed by atoms with E-state index in [2.05, 4.69) is 23.3 Å². The van der Waals surface area contributed by atoms with Gasteiger partial charge in [-0.15, -0.1) is 0 Å². The number of alkyl carbamates (subject to hydrolysis) is 1. The molecular formula is C26H34ClN3O4S. The van der Waals surface area contributed by atoms with Crippen molar-refractivity contribution < 1.29 is 19.1 Å². The van der Waals surface area contributed by atoms with Crippen LogP contribution in [0.3, 0.4) is 0 Å². The minimum Gasteiger partial charge on any atom is -0.444 e. The van der Waals surface area contributed by atoms with Crippen molar-refractivity contribution in [1.29, 1.82) is 0 Å². The highest BCUT2D eigenvalue weighted by molar-refractivity contribution is 7.80. The smallest absolute Gasteiger partial charge is 0.408 e. The number of carbonyl (C=O) groups is 3. The predicted octanol–water partition coefficient (Wildman–Crippen LogP) is 5.39. The summed E-state index contributed by atoms with van der Waals surface area (Å²) in [6, 6.07) is 12.4. The molecule has 0 saturated heterocycles. The summed E-state index contributed by atoms with van der Waals surface area (Å²) in [6.07, 6.45) is -0.132. The molecule has 2 aromatic rings. The molecule has 0 aromatic heterocycles. The maximum absolute atomic E-state index is 13.7. The first kappa shape index (κ1) is 28.5. The van der Waals surface area contributed by atoms with Gasteiger partial charge >= 0.3 is 6.09 Å². The predicted molar refractivity (Wildman–Crippen MR) is 143 cm³/mol. The summed E-state index contributed by atoms with van der Waals surface area (Å²) in [5.74, 6) is -0.817. The molecule has 3 amide bonds. The molecule has 2 atom stereocenters. The average molecular weight is 520 g/mol. The van der Waals surface area contributed by atoms with Crippen LogP contribution in [0, 0.1) is 6.92 Å². The second-order valence-electron chi connectivity index (χ2n) is 9.15. The molecule has 0 radical (unpaired) electrons. The summed E-state index contributed by atoms with van der Waals surface area (Å²) in [6.45, 7) is 9.25. The molecule has 7 nitrogen and oxygen atoms in total. The van der Waals surface area contributed by atoms with Crippen LogP contribution in [0.1, 0.15) is 51.3 Å². The van der Waals surface area contributed by atoms with Crippen molar-refractivity contribution >= 4 is 47.8 Å². The lowest BCUT2D eigenvalue weighted by molar-refractivity contribution is -0.140. The lowest BCUT2D eigenvalue weighted by Crippen LogP contribution is -2.53. The van der Waals surface area contributed by atoms with Crippen molar-refractivity contribution in [1.82, 2.24) is 10.2 Å². The molecule has 2 aromatic carbocycles. The van der Waals surface area contributed by atoms with Gasteiger partial charge in [0.15, 0.2) is 0 Å². The molecule has 190 valence electrons. The number of nitrogens with one attached hydrogen (secondary N) is 2. The largest absolute Gasteiger partial charge is 0.444 e. The van der Waals surface area contributed by atoms with Crippen molar-refractivity contribution in [3.63, 3.8) is 0 Å². The fourth-order valence-electron chi connectivity index (χ4n) is 3.53. The highest BCUT2D eigenvalue weighted by Crippen LogP contribution is 2.29. The molecule has 0 spiro atoms. The Morgan fingerprint density at radius 2 is 1.74 bits per heavy atom. The molecule has 35 heavy (non-hydrogen) atoms. The molecule has 0 fully saturated rings. The molecule has 0 aliphatic rings. The van der Waals surface area contributed by atoms with Gasteiger partial charge in [0.2, 0.25) is 5.91 Å². The standard InChI is InChI=1S/C26H34ClN3O4S/c1-6-15-30(24(32)20(16-35)28-25(33)34-26(3,4)5)22(18-12-8-7-9-13-18)23(31)29-21-17(2)11-10-14-19(21)27/h7-14,20,22,35H,6,15-16H2,1-5H3,(H,28,33)(H,29,31). The quantitative estimate of drug-likeness (QED) is 0.387. The number of anilines is 1. The maximum atomic E-state index is 13.7. The fourth-order valence-corrected chi connectivity index (χ4v) is 4.05. The number of nitrogens with zero attached hydrogens (tertiary/aromatic N) is 1. The van der Waals surface area contributed by atoms with Crippen LogP contribution in [0.15, 0.2) is 48.5 Å². The van der Waals surface area contributed by atoms with Gasteiger partial charge in [0.25, 0.3) is 5.91 Å². The average Bonchev–Trinajstić information content (AvgIpc) is 2.78. The van der Waals surface area contributed by atoms with Gasteiger partial charge in [0.1, 0.15) is 17.7 Å². The zero-order chi connectivity index (χ0) is 26.2. The van der Waals surface area contributed by atoms with E-state index < -0.39 is 35.6 Å². The molecule has 0 aliphatic carbocycles. The number of para-hydroxylation sites is 1. The van der Waals surface area contributed by atoms with Crippen LogP contribution >= 0.6 is 24.2 Å². The molecule has 2 N–H and O–H groups in total. The number of thiol groups is 1. The number of amides is 3. The first-order chi connectivity index (χ1) is 16.5. The second kappa shape index (κ2) is 12.8. The van der Waals surface area contributed by atoms with Crippen molar-refractivity contribution in [3.05, 3.63) is 64.7 Å². The van der Waals surface area contributed by atoms with E-state index in [0.717, 1.165) is 5.56 Å². The van der Waals surface area contributed by atoms with Crippen LogP contribution in [0.2, 0.25) is 5.02 Å². The van der Waals surface area contributed by atoms with Crippen LogP contribution < -0.4 is 10.6 Å². The second-order valence-corrected chi connectivity index (χ2v) is 9.92. The number of aryl methyl sites for hydroxylation is 1. The summed E-state index contributed by atoms with van der Waals surface area (Å²) >= 11 is 10.6. The van der Waals surface area contributed by atoms with Gasteiger partial charge in [-0.2, -0.15) is 12.6 Å². The van der Waals surface area contributed by atoms with E-state index in [1.54, 1.807) is 57.2 Å². The zero-order valence-corrected chi connectivity index (χ0v) is 22.5. The fraction of sp³-hybridized carbons (Fsp3) is 0.423. The van der Waals surface area contributed by atoms with E-state index in [1.807, 2.05) is 26.0 Å². The summed E-state index contributed by atoms with van der Waals surface area (Å²) in [7, 11) is 0. The molecule has 0 saturated carbocycles. The Morgan fingerprint density at radius 1 is 1.09 bits per heavy atom. The van der Waals surface area contributed by atoms with Crippen molar-refractivity contribution in [2.75, 3.05) is 17.6 Å². The summed E-state index contributed by atoms with van der Waals surface area (Å²) in [5, 5.41) is 5.90. The van der Waals surface area contributed by atoms with Crippen molar-refractivity contribution in [2.45, 2.75) is 58.7 Å². The van der Waals surface area contributed by atoms with E-state index >= 15 is 0 Å². The Labute approximate surface area is 218 Å². The molecule has 0 bridgehead atoms. The normalized spacial score (nSPS) is 12.9. The lowest BCUT2D eigenvalue weighted by Gasteiger charge is -2.34. The van der Waals surface area contributed by atoms with E-state index in [4.69, 9.17) is 16.3 Å². The Balaban J connectivity index is 2.43. The van der Waals surface area contributed by atoms with Crippen LogP contribution in [-0.2, 0) is 14.3 Å². The van der Waals surface area contributed by atoms with E-state index in [9.17, 15) is 14.4 Å². The number of halogens is 1. The molecule has 0 aliphatic heterocycles. The maximum Gasteiger partial charge on any atom is 0.408 e. The van der Waals surface area contributed by atoms with Crippen LogP contribution in [0.25, 0.3) is 0 Å². The van der Waals surface area contributed by atoms with E-state index in [0.29, 0.717) is 22.7 Å². The Bertz CT molecular complexity index is 1010. The first-order valence-electron chi connectivity index (χ1n) is 11.5. The molecule has 2 unspecified atom stereocenters. The SMILES string of the molecule is CCCN(C(=O)C(CS)NC(=O)OC(C)(C)C)C(C(=O)Nc1c(C)cccc1Cl)c1ccccc1. The molecular weight excluding hydrogens is 486 g/mol. The number of rotatable bonds is 9. The number of hydrogen-bond acceptors (Lipinski definition) is 5. The number of ether oxygens (including phenoxy) is 1. The third-order valence-electron chi connectivity index (χ3n) is 5.06. The number of benzene rings is 2. The van der Waals surface area contributed by atoms with Gasteiger partial charge in [-0.3, -0.25) is 9.59 Å². The van der Waals surface area contributed by atoms with Gasteiger partial charge in [-0.1, -0.05) is 61.0 Å². The summed E-state index contributed by atoms with van der Waals surface area (Å²) in [5.41, 5.74) is 1.19. The lowest BCUT2D eigenvalue weighted by atomic mass is 10.0. The monoisotopic (exact) mass is 519 g/mol. The van der Waals surface area contributed by atoms with Gasteiger partial charge in [0.05, 0.1) is 10.7 Å². The number of carbonyl (C=O) groups excluding carboxylic acids is 3. The minimum atomic E-state index is -0.985. The van der Waals surface area contributed by atoms with Crippen molar-refractivity contribution in [2.24, 2.45) is 0 Å². The van der Waals surface area contributed by atoms with E-state index in [-0.39, 0.29) is 12.3 Å². The highest BCUT2D eigenvalue weighted by Gasteiger charge is 2.35. The molecule has 2 rings (SSSR count). The van der Waals surface area contributed by atoms with E-state index in [1.165, 1.54) is 4.90 Å². The first-order valence-corrected chi connectivity index (χ1v) is 12.5. The third-order valence-corrected chi connectivity index (χ3v) is 5.74. The number of hydrogen-bond donors (Lipinski definition) is 3. The van der Waals surface area contributed by atoms with Gasteiger partial charge in [0, 0.05) is 12.3 Å². The molecule has 0 heterocycles. The summed E-state index contributed by atoms with van der Waals surface area (Å²) < 4.78 is 5.31. The van der Waals surface area contributed by atoms with Gasteiger partial charge < -0.3 is 20.3 Å². The van der Waals surface area contributed by atoms with Gasteiger partial charge in [-0.25, -0.2) is 4.79 Å². The molecule has 9 heteroatoms.